The number of nitrogens with one attached hydrogen (secondary N) is 3. The Morgan fingerprint density at radius 3 is 2.03 bits per heavy atom. The molecule has 8 heteroatoms. The molecule has 0 unspecified atom stereocenters. The van der Waals surface area contributed by atoms with E-state index >= 15 is 0 Å². The van der Waals surface area contributed by atoms with Gasteiger partial charge in [-0.2, -0.15) is 0 Å². The molecule has 0 spiro atoms. The van der Waals surface area contributed by atoms with Crippen LogP contribution in [0.15, 0.2) is 60.7 Å². The van der Waals surface area contributed by atoms with Gasteiger partial charge in [0.15, 0.2) is 11.6 Å². The van der Waals surface area contributed by atoms with Gasteiger partial charge in [0.25, 0.3) is 0 Å². The van der Waals surface area contributed by atoms with Crippen LogP contribution in [0, 0.1) is 0 Å². The summed E-state index contributed by atoms with van der Waals surface area (Å²) in [5.41, 5.74) is 2.38. The van der Waals surface area contributed by atoms with Crippen molar-refractivity contribution in [2.75, 3.05) is 23.1 Å². The number of carbonyl (C=O) groups is 2. The van der Waals surface area contributed by atoms with Crippen molar-refractivity contribution in [3.63, 3.8) is 0 Å². The Morgan fingerprint density at radius 2 is 1.45 bits per heavy atom. The fourth-order valence-electron chi connectivity index (χ4n) is 2.57. The lowest BCUT2D eigenvalue weighted by Crippen LogP contribution is -2.15. The molecular weight excluding hydrogens is 370 g/mol. The van der Waals surface area contributed by atoms with Crippen LogP contribution >= 0.6 is 0 Å². The van der Waals surface area contributed by atoms with Crippen molar-refractivity contribution < 1.29 is 14.3 Å². The lowest BCUT2D eigenvalue weighted by molar-refractivity contribution is -0.116. The summed E-state index contributed by atoms with van der Waals surface area (Å²) in [6.07, 6.45) is 0.228. The van der Waals surface area contributed by atoms with E-state index in [-0.39, 0.29) is 18.2 Å². The zero-order valence-electron chi connectivity index (χ0n) is 16.1. The van der Waals surface area contributed by atoms with E-state index in [1.807, 2.05) is 36.4 Å². The molecule has 0 saturated heterocycles. The standard InChI is InChI=1S/C21H21N5O3/c1-14(27)22-16-5-7-17(8-6-16)23-19-11-12-20(26-25-19)24-21(28)13-15-3-9-18(29-2)10-4-15/h3-12H,13H2,1-2H3,(H,22,27)(H,23,25)(H,24,26,28). The SMILES string of the molecule is COc1ccc(CC(=O)Nc2ccc(Nc3ccc(NC(C)=O)cc3)nn2)cc1. The molecule has 0 radical (unpaired) electrons. The van der Waals surface area contributed by atoms with Gasteiger partial charge in [-0.15, -0.1) is 10.2 Å². The Hall–Kier alpha value is -3.94. The highest BCUT2D eigenvalue weighted by atomic mass is 16.5. The first-order chi connectivity index (χ1) is 14.0. The zero-order valence-corrected chi connectivity index (χ0v) is 16.1. The molecule has 3 N–H and O–H groups in total. The number of hydrogen-bond donors (Lipinski definition) is 3. The maximum absolute atomic E-state index is 12.2. The first-order valence-corrected chi connectivity index (χ1v) is 8.93. The number of ether oxygens (including phenoxy) is 1. The normalized spacial score (nSPS) is 10.1. The fourth-order valence-corrected chi connectivity index (χ4v) is 2.57. The lowest BCUT2D eigenvalue weighted by atomic mass is 10.1. The molecule has 3 aromatic rings. The number of amides is 2. The Balaban J connectivity index is 1.53. The predicted molar refractivity (Wildman–Crippen MR) is 111 cm³/mol. The topological polar surface area (TPSA) is 105 Å². The van der Waals surface area contributed by atoms with E-state index in [1.165, 1.54) is 6.92 Å². The minimum atomic E-state index is -0.182. The van der Waals surface area contributed by atoms with Crippen LogP contribution in [0.1, 0.15) is 12.5 Å². The molecule has 1 heterocycles. The zero-order chi connectivity index (χ0) is 20.6. The van der Waals surface area contributed by atoms with Gasteiger partial charge in [-0.1, -0.05) is 12.1 Å². The number of nitrogens with zero attached hydrogens (tertiary/aromatic N) is 2. The molecule has 0 bridgehead atoms. The van der Waals surface area contributed by atoms with Crippen LogP contribution in [0.5, 0.6) is 5.75 Å². The highest BCUT2D eigenvalue weighted by Crippen LogP contribution is 2.18. The lowest BCUT2D eigenvalue weighted by Gasteiger charge is -2.08. The van der Waals surface area contributed by atoms with Gasteiger partial charge in [-0.3, -0.25) is 9.59 Å². The molecule has 0 saturated carbocycles. The number of anilines is 4. The maximum Gasteiger partial charge on any atom is 0.229 e. The number of hydrogen-bond acceptors (Lipinski definition) is 6. The third kappa shape index (κ3) is 6.03. The first kappa shape index (κ1) is 19.8. The number of aromatic nitrogens is 2. The van der Waals surface area contributed by atoms with Crippen LogP contribution in [-0.2, 0) is 16.0 Å². The van der Waals surface area contributed by atoms with Crippen molar-refractivity contribution in [1.29, 1.82) is 0 Å². The van der Waals surface area contributed by atoms with Crippen molar-refractivity contribution in [2.24, 2.45) is 0 Å². The van der Waals surface area contributed by atoms with Gasteiger partial charge < -0.3 is 20.7 Å². The van der Waals surface area contributed by atoms with E-state index in [2.05, 4.69) is 26.1 Å². The summed E-state index contributed by atoms with van der Waals surface area (Å²) in [7, 11) is 1.60. The van der Waals surface area contributed by atoms with Gasteiger partial charge in [0.1, 0.15) is 5.75 Å². The monoisotopic (exact) mass is 391 g/mol. The minimum Gasteiger partial charge on any atom is -0.497 e. The first-order valence-electron chi connectivity index (χ1n) is 8.93. The molecule has 0 fully saturated rings. The third-order valence-electron chi connectivity index (χ3n) is 3.93. The third-order valence-corrected chi connectivity index (χ3v) is 3.93. The predicted octanol–water partition coefficient (Wildman–Crippen LogP) is 3.37. The van der Waals surface area contributed by atoms with Crippen molar-refractivity contribution in [1.82, 2.24) is 10.2 Å². The summed E-state index contributed by atoms with van der Waals surface area (Å²) >= 11 is 0. The van der Waals surface area contributed by atoms with Crippen LogP contribution in [0.3, 0.4) is 0 Å². The van der Waals surface area contributed by atoms with Crippen molar-refractivity contribution in [2.45, 2.75) is 13.3 Å². The van der Waals surface area contributed by atoms with Crippen molar-refractivity contribution >= 4 is 34.8 Å². The van der Waals surface area contributed by atoms with Crippen molar-refractivity contribution in [3.05, 3.63) is 66.2 Å². The summed E-state index contributed by atoms with van der Waals surface area (Å²) in [5.74, 6) is 1.34. The number of benzene rings is 2. The van der Waals surface area contributed by atoms with Crippen molar-refractivity contribution in [3.8, 4) is 5.75 Å². The molecule has 3 rings (SSSR count). The van der Waals surface area contributed by atoms with Gasteiger partial charge in [-0.05, 0) is 54.1 Å². The van der Waals surface area contributed by atoms with E-state index < -0.39 is 0 Å². The summed E-state index contributed by atoms with van der Waals surface area (Å²) < 4.78 is 5.10. The number of rotatable bonds is 7. The van der Waals surface area contributed by atoms with E-state index in [1.54, 1.807) is 31.4 Å². The molecule has 0 atom stereocenters. The largest absolute Gasteiger partial charge is 0.497 e. The summed E-state index contributed by atoms with van der Waals surface area (Å²) in [6, 6.07) is 17.9. The van der Waals surface area contributed by atoms with Gasteiger partial charge >= 0.3 is 0 Å². The van der Waals surface area contributed by atoms with Crippen LogP contribution in [0.4, 0.5) is 23.0 Å². The van der Waals surface area contributed by atoms with Gasteiger partial charge in [0.05, 0.1) is 13.5 Å². The Labute approximate surface area is 168 Å². The molecule has 0 aliphatic heterocycles. The van der Waals surface area contributed by atoms with E-state index in [0.29, 0.717) is 17.3 Å². The molecule has 8 nitrogen and oxygen atoms in total. The number of methoxy groups -OCH3 is 1. The van der Waals surface area contributed by atoms with E-state index in [9.17, 15) is 9.59 Å². The second kappa shape index (κ2) is 9.32. The number of carbonyl (C=O) groups excluding carboxylic acids is 2. The molecule has 2 aromatic carbocycles. The van der Waals surface area contributed by atoms with Gasteiger partial charge in [-0.25, -0.2) is 0 Å². The van der Waals surface area contributed by atoms with Crippen LogP contribution in [-0.4, -0.2) is 29.1 Å². The van der Waals surface area contributed by atoms with Crippen LogP contribution in [0.2, 0.25) is 0 Å². The Bertz CT molecular complexity index is 971. The summed E-state index contributed by atoms with van der Waals surface area (Å²) in [4.78, 5) is 23.2. The smallest absolute Gasteiger partial charge is 0.229 e. The van der Waals surface area contributed by atoms with Gasteiger partial charge in [0, 0.05) is 18.3 Å². The fraction of sp³-hybridized carbons (Fsp3) is 0.143. The maximum atomic E-state index is 12.2. The van der Waals surface area contributed by atoms with E-state index in [0.717, 1.165) is 17.0 Å². The van der Waals surface area contributed by atoms with Crippen LogP contribution in [0.25, 0.3) is 0 Å². The summed E-state index contributed by atoms with van der Waals surface area (Å²) in [6.45, 7) is 1.46. The summed E-state index contributed by atoms with van der Waals surface area (Å²) in [5, 5.41) is 16.6. The average Bonchev–Trinajstić information content (AvgIpc) is 2.71. The second-order valence-corrected chi connectivity index (χ2v) is 6.26. The average molecular weight is 391 g/mol. The Kier molecular flexibility index (Phi) is 6.36. The molecule has 148 valence electrons. The second-order valence-electron chi connectivity index (χ2n) is 6.26. The molecular formula is C21H21N5O3. The molecule has 0 aliphatic rings. The molecule has 29 heavy (non-hydrogen) atoms. The Morgan fingerprint density at radius 1 is 0.828 bits per heavy atom. The van der Waals surface area contributed by atoms with Gasteiger partial charge in [0.2, 0.25) is 11.8 Å². The van der Waals surface area contributed by atoms with E-state index in [4.69, 9.17) is 4.74 Å². The minimum absolute atomic E-state index is 0.124. The molecule has 0 aliphatic carbocycles. The highest BCUT2D eigenvalue weighted by Gasteiger charge is 2.06. The van der Waals surface area contributed by atoms with Crippen LogP contribution < -0.4 is 20.7 Å². The molecule has 1 aromatic heterocycles. The molecule has 2 amide bonds. The highest BCUT2D eigenvalue weighted by molar-refractivity contribution is 5.91. The quantitative estimate of drug-likeness (QED) is 0.570.